The van der Waals surface area contributed by atoms with Crippen molar-refractivity contribution in [1.29, 1.82) is 0 Å². The van der Waals surface area contributed by atoms with Crippen LogP contribution in [0.4, 0.5) is 0 Å². The smallest absolute Gasteiger partial charge is 0.162 e. The first kappa shape index (κ1) is 20.0. The Hall–Kier alpha value is -2.94. The molecule has 2 nitrogen and oxygen atoms in total. The minimum absolute atomic E-state index is 0.123. The monoisotopic (exact) mass is 446 g/mol. The fourth-order valence-electron chi connectivity index (χ4n) is 4.75. The molecule has 0 saturated heterocycles. The molecular weight excluding hydrogens is 427 g/mol. The Balaban J connectivity index is 1.80. The standard InChI is InChI=1S/C27H20Cl2O2/c28-17-30-21-13-9-19(10-14-21)27(20-11-15-22(16-12-20)31-18-29)25-7-3-1-5-23(25)24-6-2-4-8-26(24)27/h1-16H,17-18H2. The normalized spacial score (nSPS) is 13.4. The van der Waals surface area contributed by atoms with E-state index in [1.165, 1.54) is 22.3 Å². The molecule has 4 aromatic rings. The van der Waals surface area contributed by atoms with Crippen molar-refractivity contribution in [3.05, 3.63) is 119 Å². The number of halogens is 2. The molecule has 0 fully saturated rings. The minimum atomic E-state index is -0.452. The summed E-state index contributed by atoms with van der Waals surface area (Å²) in [5.74, 6) is 1.50. The van der Waals surface area contributed by atoms with Gasteiger partial charge in [-0.05, 0) is 57.6 Å². The van der Waals surface area contributed by atoms with Gasteiger partial charge in [0.25, 0.3) is 0 Å². The van der Waals surface area contributed by atoms with Crippen molar-refractivity contribution in [2.75, 3.05) is 12.1 Å². The fraction of sp³-hybridized carbons (Fsp3) is 0.111. The first-order valence-electron chi connectivity index (χ1n) is 10.1. The number of fused-ring (bicyclic) bond motifs is 3. The third-order valence-corrected chi connectivity index (χ3v) is 6.19. The highest BCUT2D eigenvalue weighted by Crippen LogP contribution is 2.56. The number of benzene rings is 4. The predicted molar refractivity (Wildman–Crippen MR) is 126 cm³/mol. The maximum absolute atomic E-state index is 5.76. The molecule has 0 amide bonds. The number of hydrogen-bond acceptors (Lipinski definition) is 2. The van der Waals surface area contributed by atoms with Gasteiger partial charge in [-0.2, -0.15) is 0 Å². The van der Waals surface area contributed by atoms with Gasteiger partial charge in [0.1, 0.15) is 11.5 Å². The summed E-state index contributed by atoms with van der Waals surface area (Å²) >= 11 is 11.5. The molecule has 31 heavy (non-hydrogen) atoms. The van der Waals surface area contributed by atoms with Gasteiger partial charge in [0.15, 0.2) is 12.1 Å². The maximum Gasteiger partial charge on any atom is 0.162 e. The fourth-order valence-corrected chi connectivity index (χ4v) is 5.00. The Morgan fingerprint density at radius 3 is 1.29 bits per heavy atom. The summed E-state index contributed by atoms with van der Waals surface area (Å²) in [5.41, 5.74) is 6.89. The van der Waals surface area contributed by atoms with Gasteiger partial charge in [-0.3, -0.25) is 0 Å². The van der Waals surface area contributed by atoms with E-state index >= 15 is 0 Å². The van der Waals surface area contributed by atoms with Crippen LogP contribution in [-0.2, 0) is 5.41 Å². The zero-order chi connectivity index (χ0) is 21.3. The zero-order valence-corrected chi connectivity index (χ0v) is 18.2. The topological polar surface area (TPSA) is 18.5 Å². The van der Waals surface area contributed by atoms with Crippen LogP contribution in [0.1, 0.15) is 22.3 Å². The lowest BCUT2D eigenvalue weighted by atomic mass is 9.68. The molecule has 0 aromatic heterocycles. The third kappa shape index (κ3) is 3.18. The molecule has 0 bridgehead atoms. The van der Waals surface area contributed by atoms with E-state index in [-0.39, 0.29) is 12.1 Å². The van der Waals surface area contributed by atoms with E-state index in [9.17, 15) is 0 Å². The summed E-state index contributed by atoms with van der Waals surface area (Å²) in [4.78, 5) is 0. The lowest BCUT2D eigenvalue weighted by molar-refractivity contribution is 0.387. The van der Waals surface area contributed by atoms with E-state index in [0.29, 0.717) is 0 Å². The summed E-state index contributed by atoms with van der Waals surface area (Å²) < 4.78 is 11.0. The van der Waals surface area contributed by atoms with Gasteiger partial charge in [0.05, 0.1) is 5.41 Å². The Bertz CT molecular complexity index is 1100. The van der Waals surface area contributed by atoms with Crippen molar-refractivity contribution < 1.29 is 9.47 Å². The summed E-state index contributed by atoms with van der Waals surface area (Å²) in [6.45, 7) is 0. The lowest BCUT2D eigenvalue weighted by Crippen LogP contribution is -2.28. The van der Waals surface area contributed by atoms with Gasteiger partial charge in [-0.25, -0.2) is 0 Å². The second kappa shape index (κ2) is 8.30. The second-order valence-corrected chi connectivity index (χ2v) is 7.83. The van der Waals surface area contributed by atoms with E-state index in [1.54, 1.807) is 0 Å². The van der Waals surface area contributed by atoms with Crippen LogP contribution in [0.5, 0.6) is 11.5 Å². The molecule has 4 heteroatoms. The molecule has 0 saturated carbocycles. The van der Waals surface area contributed by atoms with Crippen LogP contribution in [0.15, 0.2) is 97.1 Å². The molecule has 0 unspecified atom stereocenters. The largest absolute Gasteiger partial charge is 0.478 e. The van der Waals surface area contributed by atoms with Crippen molar-refractivity contribution in [2.45, 2.75) is 5.41 Å². The molecule has 0 spiro atoms. The number of hydrogen-bond donors (Lipinski definition) is 0. The Kier molecular flexibility index (Phi) is 5.35. The minimum Gasteiger partial charge on any atom is -0.478 e. The molecule has 1 aliphatic carbocycles. The summed E-state index contributed by atoms with van der Waals surface area (Å²) in [6, 6.07) is 33.9. The lowest BCUT2D eigenvalue weighted by Gasteiger charge is -2.34. The van der Waals surface area contributed by atoms with Crippen molar-refractivity contribution in [1.82, 2.24) is 0 Å². The van der Waals surface area contributed by atoms with Gasteiger partial charge in [0, 0.05) is 0 Å². The van der Waals surface area contributed by atoms with E-state index in [0.717, 1.165) is 22.6 Å². The molecule has 0 atom stereocenters. The van der Waals surface area contributed by atoms with Gasteiger partial charge < -0.3 is 9.47 Å². The van der Waals surface area contributed by atoms with E-state index < -0.39 is 5.41 Å². The van der Waals surface area contributed by atoms with Crippen molar-refractivity contribution in [3.8, 4) is 22.6 Å². The Labute approximate surface area is 192 Å². The number of rotatable bonds is 6. The summed E-state index contributed by atoms with van der Waals surface area (Å²) in [5, 5.41) is 0. The predicted octanol–water partition coefficient (Wildman–Crippen LogP) is 7.20. The first-order valence-corrected chi connectivity index (χ1v) is 11.1. The molecule has 5 rings (SSSR count). The van der Waals surface area contributed by atoms with Crippen molar-refractivity contribution >= 4 is 23.2 Å². The van der Waals surface area contributed by atoms with Crippen LogP contribution >= 0.6 is 23.2 Å². The van der Waals surface area contributed by atoms with Crippen LogP contribution in [0.2, 0.25) is 0 Å². The SMILES string of the molecule is ClCOc1ccc(C2(c3ccc(OCCl)cc3)c3ccccc3-c3ccccc32)cc1. The van der Waals surface area contributed by atoms with Crippen LogP contribution < -0.4 is 9.47 Å². The summed E-state index contributed by atoms with van der Waals surface area (Å²) in [6.07, 6.45) is 0. The van der Waals surface area contributed by atoms with Crippen LogP contribution in [0, 0.1) is 0 Å². The molecule has 4 aromatic carbocycles. The molecule has 1 aliphatic rings. The van der Waals surface area contributed by atoms with E-state index in [2.05, 4.69) is 72.8 Å². The van der Waals surface area contributed by atoms with E-state index in [1.807, 2.05) is 24.3 Å². The highest BCUT2D eigenvalue weighted by Gasteiger charge is 2.45. The van der Waals surface area contributed by atoms with Crippen LogP contribution in [-0.4, -0.2) is 12.1 Å². The van der Waals surface area contributed by atoms with Gasteiger partial charge in [0.2, 0.25) is 0 Å². The van der Waals surface area contributed by atoms with Crippen LogP contribution in [0.25, 0.3) is 11.1 Å². The Morgan fingerprint density at radius 2 is 0.903 bits per heavy atom. The van der Waals surface area contributed by atoms with Crippen LogP contribution in [0.3, 0.4) is 0 Å². The molecule has 154 valence electrons. The maximum atomic E-state index is 5.76. The summed E-state index contributed by atoms with van der Waals surface area (Å²) in [7, 11) is 0. The molecule has 0 heterocycles. The first-order chi connectivity index (χ1) is 15.3. The van der Waals surface area contributed by atoms with Gasteiger partial charge in [-0.1, -0.05) is 96.0 Å². The van der Waals surface area contributed by atoms with Gasteiger partial charge in [-0.15, -0.1) is 0 Å². The molecule has 0 aliphatic heterocycles. The number of ether oxygens (including phenoxy) is 2. The molecule has 0 radical (unpaired) electrons. The highest BCUT2D eigenvalue weighted by atomic mass is 35.5. The average Bonchev–Trinajstić information content (AvgIpc) is 3.12. The highest BCUT2D eigenvalue weighted by molar-refractivity contribution is 6.17. The average molecular weight is 447 g/mol. The zero-order valence-electron chi connectivity index (χ0n) is 16.7. The second-order valence-electron chi connectivity index (χ2n) is 7.40. The Morgan fingerprint density at radius 1 is 0.516 bits per heavy atom. The third-order valence-electron chi connectivity index (χ3n) is 5.97. The van der Waals surface area contributed by atoms with E-state index in [4.69, 9.17) is 32.7 Å². The van der Waals surface area contributed by atoms with Gasteiger partial charge >= 0.3 is 0 Å². The van der Waals surface area contributed by atoms with Crippen molar-refractivity contribution in [3.63, 3.8) is 0 Å². The quantitative estimate of drug-likeness (QED) is 0.256. The molecule has 0 N–H and O–H groups in total. The van der Waals surface area contributed by atoms with Crippen molar-refractivity contribution in [2.24, 2.45) is 0 Å². The molecular formula is C27H20Cl2O2. The number of alkyl halides is 2.